The van der Waals surface area contributed by atoms with Gasteiger partial charge in [0.2, 0.25) is 11.8 Å². The van der Waals surface area contributed by atoms with E-state index in [1.807, 2.05) is 19.9 Å². The van der Waals surface area contributed by atoms with Gasteiger partial charge >= 0.3 is 0 Å². The zero-order valence-electron chi connectivity index (χ0n) is 11.8. The standard InChI is InChI=1S/C16H14N2O3/c1-16(2)12-13(16)15(21)18(14(12)20)8-11(19)10-5-3-9(7-17)4-6-10/h3-6,12-13H,8H2,1-2H3. The fraction of sp³-hybridized carbons (Fsp3) is 0.375. The van der Waals surface area contributed by atoms with Gasteiger partial charge in [0.15, 0.2) is 5.78 Å². The van der Waals surface area contributed by atoms with Crippen molar-refractivity contribution < 1.29 is 14.4 Å². The molecule has 1 aliphatic heterocycles. The minimum absolute atomic E-state index is 0.216. The predicted molar refractivity (Wildman–Crippen MR) is 73.0 cm³/mol. The van der Waals surface area contributed by atoms with Gasteiger partial charge in [0.25, 0.3) is 0 Å². The number of hydrogen-bond donors (Lipinski definition) is 0. The van der Waals surface area contributed by atoms with E-state index < -0.39 is 0 Å². The molecular weight excluding hydrogens is 268 g/mol. The van der Waals surface area contributed by atoms with Gasteiger partial charge < -0.3 is 0 Å². The third-order valence-corrected chi connectivity index (χ3v) is 4.53. The molecule has 5 nitrogen and oxygen atoms in total. The van der Waals surface area contributed by atoms with Crippen LogP contribution in [0, 0.1) is 28.6 Å². The third kappa shape index (κ3) is 1.87. The van der Waals surface area contributed by atoms with Crippen LogP contribution < -0.4 is 0 Å². The summed E-state index contributed by atoms with van der Waals surface area (Å²) in [7, 11) is 0. The van der Waals surface area contributed by atoms with Gasteiger partial charge in [0.05, 0.1) is 30.0 Å². The van der Waals surface area contributed by atoms with Gasteiger partial charge in [-0.2, -0.15) is 5.26 Å². The number of Topliss-reactive ketones (excluding diaryl/α,β-unsaturated/α-hetero) is 1. The van der Waals surface area contributed by atoms with E-state index in [0.29, 0.717) is 11.1 Å². The second-order valence-electron chi connectivity index (χ2n) is 6.15. The van der Waals surface area contributed by atoms with E-state index in [2.05, 4.69) is 0 Å². The molecule has 0 aromatic heterocycles. The van der Waals surface area contributed by atoms with Crippen LogP contribution in [0.1, 0.15) is 29.8 Å². The van der Waals surface area contributed by atoms with Crippen molar-refractivity contribution in [2.75, 3.05) is 6.54 Å². The number of carbonyl (C=O) groups is 3. The number of hydrogen-bond acceptors (Lipinski definition) is 4. The first-order chi connectivity index (χ1) is 9.87. The monoisotopic (exact) mass is 282 g/mol. The highest BCUT2D eigenvalue weighted by atomic mass is 16.2. The van der Waals surface area contributed by atoms with Crippen LogP contribution >= 0.6 is 0 Å². The van der Waals surface area contributed by atoms with E-state index in [1.54, 1.807) is 12.1 Å². The van der Waals surface area contributed by atoms with Gasteiger partial charge in [-0.15, -0.1) is 0 Å². The van der Waals surface area contributed by atoms with Gasteiger partial charge in [-0.05, 0) is 17.5 Å². The van der Waals surface area contributed by atoms with Crippen LogP contribution in [0.3, 0.4) is 0 Å². The van der Waals surface area contributed by atoms with Crippen molar-refractivity contribution in [1.82, 2.24) is 4.90 Å². The molecule has 2 amide bonds. The minimum Gasteiger partial charge on any atom is -0.292 e. The molecule has 2 unspecified atom stereocenters. The molecule has 1 saturated carbocycles. The van der Waals surface area contributed by atoms with Gasteiger partial charge in [-0.1, -0.05) is 26.0 Å². The quantitative estimate of drug-likeness (QED) is 0.620. The molecule has 0 radical (unpaired) electrons. The smallest absolute Gasteiger partial charge is 0.234 e. The highest BCUT2D eigenvalue weighted by Gasteiger charge is 2.72. The number of likely N-dealkylation sites (tertiary alicyclic amines) is 1. The van der Waals surface area contributed by atoms with Crippen molar-refractivity contribution in [2.45, 2.75) is 13.8 Å². The van der Waals surface area contributed by atoms with Crippen LogP contribution in [0.4, 0.5) is 0 Å². The molecule has 0 spiro atoms. The molecule has 0 bridgehead atoms. The fourth-order valence-corrected chi connectivity index (χ4v) is 3.13. The van der Waals surface area contributed by atoms with Crippen molar-refractivity contribution >= 4 is 17.6 Å². The summed E-state index contributed by atoms with van der Waals surface area (Å²) in [6.45, 7) is 3.59. The first-order valence-electron chi connectivity index (χ1n) is 6.76. The van der Waals surface area contributed by atoms with E-state index in [-0.39, 0.29) is 41.4 Å². The summed E-state index contributed by atoms with van der Waals surface area (Å²) in [5.74, 6) is -1.30. The molecule has 1 aromatic carbocycles. The maximum atomic E-state index is 12.2. The Morgan fingerprint density at radius 1 is 1.19 bits per heavy atom. The minimum atomic E-state index is -0.291. The number of amides is 2. The Kier molecular flexibility index (Phi) is 2.74. The number of carbonyl (C=O) groups excluding carboxylic acids is 3. The maximum absolute atomic E-state index is 12.2. The van der Waals surface area contributed by atoms with Gasteiger partial charge in [0, 0.05) is 5.56 Å². The Morgan fingerprint density at radius 2 is 1.71 bits per heavy atom. The number of benzene rings is 1. The number of nitriles is 1. The molecule has 1 aromatic rings. The molecular formula is C16H14N2O3. The van der Waals surface area contributed by atoms with E-state index in [0.717, 1.165) is 4.90 Å². The molecule has 0 N–H and O–H groups in total. The normalized spacial score (nSPS) is 25.5. The van der Waals surface area contributed by atoms with Crippen LogP contribution in [0.2, 0.25) is 0 Å². The molecule has 5 heteroatoms. The second-order valence-corrected chi connectivity index (χ2v) is 6.15. The predicted octanol–water partition coefficient (Wildman–Crippen LogP) is 1.38. The molecule has 2 aliphatic rings. The zero-order valence-corrected chi connectivity index (χ0v) is 11.8. The SMILES string of the molecule is CC1(C)C2C(=O)N(CC(=O)c3ccc(C#N)cc3)C(=O)C21. The Balaban J connectivity index is 1.73. The lowest BCUT2D eigenvalue weighted by Gasteiger charge is -2.19. The second kappa shape index (κ2) is 4.26. The lowest BCUT2D eigenvalue weighted by Crippen LogP contribution is -2.39. The highest BCUT2D eigenvalue weighted by molar-refractivity contribution is 6.13. The highest BCUT2D eigenvalue weighted by Crippen LogP contribution is 2.63. The Labute approximate surface area is 122 Å². The Bertz CT molecular complexity index is 673. The summed E-state index contributed by atoms with van der Waals surface area (Å²) < 4.78 is 0. The fourth-order valence-electron chi connectivity index (χ4n) is 3.13. The van der Waals surface area contributed by atoms with Crippen molar-refractivity contribution in [3.63, 3.8) is 0 Å². The first-order valence-corrected chi connectivity index (χ1v) is 6.76. The van der Waals surface area contributed by atoms with E-state index in [1.165, 1.54) is 12.1 Å². The Morgan fingerprint density at radius 3 is 2.19 bits per heavy atom. The number of rotatable bonds is 3. The van der Waals surface area contributed by atoms with Crippen molar-refractivity contribution in [3.05, 3.63) is 35.4 Å². The number of nitrogens with zero attached hydrogens (tertiary/aromatic N) is 2. The van der Waals surface area contributed by atoms with Crippen molar-refractivity contribution in [1.29, 1.82) is 5.26 Å². The van der Waals surface area contributed by atoms with Gasteiger partial charge in [-0.25, -0.2) is 0 Å². The summed E-state index contributed by atoms with van der Waals surface area (Å²) in [6, 6.07) is 8.13. The summed E-state index contributed by atoms with van der Waals surface area (Å²) in [4.78, 5) is 37.5. The molecule has 1 aliphatic carbocycles. The number of ketones is 1. The average molecular weight is 282 g/mol. The van der Waals surface area contributed by atoms with Crippen LogP contribution in [0.5, 0.6) is 0 Å². The van der Waals surface area contributed by atoms with Gasteiger partial charge in [-0.3, -0.25) is 19.3 Å². The number of fused-ring (bicyclic) bond motifs is 1. The summed E-state index contributed by atoms with van der Waals surface area (Å²) in [5.41, 5.74) is 0.597. The van der Waals surface area contributed by atoms with Gasteiger partial charge in [0.1, 0.15) is 0 Å². The topological polar surface area (TPSA) is 78.2 Å². The molecule has 106 valence electrons. The summed E-state index contributed by atoms with van der Waals surface area (Å²) >= 11 is 0. The van der Waals surface area contributed by atoms with Crippen LogP contribution in [0.15, 0.2) is 24.3 Å². The lowest BCUT2D eigenvalue weighted by atomic mass is 10.0. The average Bonchev–Trinajstić information content (AvgIpc) is 2.95. The largest absolute Gasteiger partial charge is 0.292 e. The zero-order chi connectivity index (χ0) is 15.4. The first kappa shape index (κ1) is 13.5. The van der Waals surface area contributed by atoms with Crippen LogP contribution in [-0.2, 0) is 9.59 Å². The number of piperidine rings is 1. The third-order valence-electron chi connectivity index (χ3n) is 4.53. The van der Waals surface area contributed by atoms with E-state index in [9.17, 15) is 14.4 Å². The number of imide groups is 1. The molecule has 1 heterocycles. The van der Waals surface area contributed by atoms with Crippen LogP contribution in [-0.4, -0.2) is 29.0 Å². The maximum Gasteiger partial charge on any atom is 0.234 e. The van der Waals surface area contributed by atoms with E-state index >= 15 is 0 Å². The molecule has 1 saturated heterocycles. The van der Waals surface area contributed by atoms with E-state index in [4.69, 9.17) is 5.26 Å². The summed E-state index contributed by atoms with van der Waals surface area (Å²) in [5, 5.41) is 8.72. The molecule has 3 rings (SSSR count). The molecule has 2 fully saturated rings. The van der Waals surface area contributed by atoms with Crippen LogP contribution in [0.25, 0.3) is 0 Å². The van der Waals surface area contributed by atoms with Crippen molar-refractivity contribution in [3.8, 4) is 6.07 Å². The Hall–Kier alpha value is -2.48. The van der Waals surface area contributed by atoms with Crippen molar-refractivity contribution in [2.24, 2.45) is 17.3 Å². The molecule has 2 atom stereocenters. The summed E-state index contributed by atoms with van der Waals surface area (Å²) in [6.07, 6.45) is 0. The lowest BCUT2D eigenvalue weighted by molar-refractivity contribution is -0.142. The molecule has 21 heavy (non-hydrogen) atoms.